The molecule has 1 fully saturated rings. The minimum absolute atomic E-state index is 0.222. The first-order valence-corrected chi connectivity index (χ1v) is 9.03. The smallest absolute Gasteiger partial charge is 0.228 e. The van der Waals surface area contributed by atoms with Crippen molar-refractivity contribution in [2.45, 2.75) is 18.9 Å². The van der Waals surface area contributed by atoms with Crippen LogP contribution in [0.25, 0.3) is 27.7 Å². The van der Waals surface area contributed by atoms with Crippen LogP contribution in [-0.2, 0) is 4.74 Å². The molecule has 0 aliphatic carbocycles. The van der Waals surface area contributed by atoms with Crippen molar-refractivity contribution in [2.24, 2.45) is 0 Å². The number of pyridine rings is 1. The molecule has 0 amide bonds. The molecule has 0 unspecified atom stereocenters. The molecule has 2 N–H and O–H groups in total. The molecule has 5 heterocycles. The van der Waals surface area contributed by atoms with Gasteiger partial charge < -0.3 is 19.8 Å². The number of ether oxygens (including phenoxy) is 2. The molecule has 0 saturated carbocycles. The van der Waals surface area contributed by atoms with Gasteiger partial charge in [-0.05, 0) is 36.6 Å². The van der Waals surface area contributed by atoms with Crippen LogP contribution in [0.5, 0.6) is 5.88 Å². The molecule has 1 saturated heterocycles. The lowest BCUT2D eigenvalue weighted by atomic mass is 10.1. The summed E-state index contributed by atoms with van der Waals surface area (Å²) in [6.45, 7) is 1.49. The van der Waals surface area contributed by atoms with Gasteiger partial charge in [0.2, 0.25) is 11.8 Å². The monoisotopic (exact) mass is 364 g/mol. The summed E-state index contributed by atoms with van der Waals surface area (Å²) in [4.78, 5) is 12.5. The number of fused-ring (bicyclic) bond motifs is 2. The lowest BCUT2D eigenvalue weighted by Gasteiger charge is -2.23. The molecule has 0 spiro atoms. The van der Waals surface area contributed by atoms with Gasteiger partial charge in [-0.15, -0.1) is 0 Å². The Kier molecular flexibility index (Phi) is 3.90. The molecule has 0 bridgehead atoms. The summed E-state index contributed by atoms with van der Waals surface area (Å²) >= 11 is 0. The SMILES string of the molecule is COc1nc(N[C@@H]2CCCOC2)nc2[nH]cc(-c3ccn4nccc4c3)c12. The van der Waals surface area contributed by atoms with Crippen LogP contribution in [0.3, 0.4) is 0 Å². The Morgan fingerprint density at radius 2 is 2.30 bits per heavy atom. The molecule has 0 aromatic carbocycles. The Hall–Kier alpha value is -3.13. The van der Waals surface area contributed by atoms with Gasteiger partial charge in [0.25, 0.3) is 0 Å². The Bertz CT molecular complexity index is 1100. The van der Waals surface area contributed by atoms with Gasteiger partial charge >= 0.3 is 0 Å². The summed E-state index contributed by atoms with van der Waals surface area (Å²) in [5, 5.41) is 8.47. The van der Waals surface area contributed by atoms with E-state index in [0.29, 0.717) is 18.4 Å². The van der Waals surface area contributed by atoms with Gasteiger partial charge in [-0.1, -0.05) is 0 Å². The van der Waals surface area contributed by atoms with Crippen LogP contribution in [0.15, 0.2) is 36.8 Å². The summed E-state index contributed by atoms with van der Waals surface area (Å²) in [6.07, 6.45) is 7.75. The molecule has 138 valence electrons. The van der Waals surface area contributed by atoms with E-state index in [1.54, 1.807) is 13.3 Å². The summed E-state index contributed by atoms with van der Waals surface area (Å²) < 4.78 is 12.9. The van der Waals surface area contributed by atoms with E-state index in [9.17, 15) is 0 Å². The second-order valence-corrected chi connectivity index (χ2v) is 6.66. The van der Waals surface area contributed by atoms with Crippen LogP contribution >= 0.6 is 0 Å². The van der Waals surface area contributed by atoms with E-state index in [1.807, 2.05) is 29.0 Å². The maximum Gasteiger partial charge on any atom is 0.228 e. The number of methoxy groups -OCH3 is 1. The van der Waals surface area contributed by atoms with Crippen molar-refractivity contribution in [3.63, 3.8) is 0 Å². The molecule has 5 rings (SSSR count). The van der Waals surface area contributed by atoms with Crippen LogP contribution in [0.4, 0.5) is 5.95 Å². The highest BCUT2D eigenvalue weighted by Gasteiger charge is 2.19. The van der Waals surface area contributed by atoms with Gasteiger partial charge in [0, 0.05) is 30.8 Å². The van der Waals surface area contributed by atoms with Crippen molar-refractivity contribution >= 4 is 22.5 Å². The van der Waals surface area contributed by atoms with E-state index in [-0.39, 0.29) is 6.04 Å². The molecule has 1 aliphatic heterocycles. The van der Waals surface area contributed by atoms with Gasteiger partial charge in [-0.2, -0.15) is 15.1 Å². The molecule has 4 aromatic heterocycles. The fourth-order valence-corrected chi connectivity index (χ4v) is 3.57. The molecule has 1 aliphatic rings. The highest BCUT2D eigenvalue weighted by atomic mass is 16.5. The van der Waals surface area contributed by atoms with Crippen LogP contribution in [0.1, 0.15) is 12.8 Å². The predicted octanol–water partition coefficient (Wildman–Crippen LogP) is 2.87. The number of rotatable bonds is 4. The third-order valence-corrected chi connectivity index (χ3v) is 4.90. The number of anilines is 1. The van der Waals surface area contributed by atoms with Gasteiger partial charge in [-0.25, -0.2) is 4.52 Å². The first kappa shape index (κ1) is 16.1. The van der Waals surface area contributed by atoms with Gasteiger partial charge in [0.05, 0.1) is 30.7 Å². The zero-order valence-corrected chi connectivity index (χ0v) is 15.0. The maximum atomic E-state index is 5.59. The minimum atomic E-state index is 0.222. The first-order chi connectivity index (χ1) is 13.3. The Labute approximate surface area is 155 Å². The van der Waals surface area contributed by atoms with Crippen molar-refractivity contribution in [3.05, 3.63) is 36.8 Å². The fourth-order valence-electron chi connectivity index (χ4n) is 3.57. The van der Waals surface area contributed by atoms with Crippen LogP contribution in [0.2, 0.25) is 0 Å². The zero-order chi connectivity index (χ0) is 18.2. The molecular weight excluding hydrogens is 344 g/mol. The maximum absolute atomic E-state index is 5.59. The predicted molar refractivity (Wildman–Crippen MR) is 102 cm³/mol. The number of hydrogen-bond donors (Lipinski definition) is 2. The quantitative estimate of drug-likeness (QED) is 0.579. The summed E-state index contributed by atoms with van der Waals surface area (Å²) in [6, 6.07) is 6.30. The van der Waals surface area contributed by atoms with E-state index < -0.39 is 0 Å². The fraction of sp³-hybridized carbons (Fsp3) is 0.316. The zero-order valence-electron chi connectivity index (χ0n) is 15.0. The molecule has 8 heteroatoms. The average Bonchev–Trinajstić information content (AvgIpc) is 3.34. The lowest BCUT2D eigenvalue weighted by molar-refractivity contribution is 0.0874. The second kappa shape index (κ2) is 6.55. The molecule has 4 aromatic rings. The van der Waals surface area contributed by atoms with E-state index in [2.05, 4.69) is 31.4 Å². The number of H-pyrrole nitrogens is 1. The van der Waals surface area contributed by atoms with Crippen LogP contribution < -0.4 is 10.1 Å². The number of hydrogen-bond acceptors (Lipinski definition) is 6. The van der Waals surface area contributed by atoms with Crippen molar-refractivity contribution in [2.75, 3.05) is 25.6 Å². The average molecular weight is 364 g/mol. The lowest BCUT2D eigenvalue weighted by Crippen LogP contribution is -2.30. The van der Waals surface area contributed by atoms with Crippen molar-refractivity contribution < 1.29 is 9.47 Å². The molecule has 1 atom stereocenters. The first-order valence-electron chi connectivity index (χ1n) is 9.03. The summed E-state index contributed by atoms with van der Waals surface area (Å²) in [5.74, 6) is 1.10. The van der Waals surface area contributed by atoms with Gasteiger partial charge in [-0.3, -0.25) is 0 Å². The highest BCUT2D eigenvalue weighted by molar-refractivity contribution is 5.98. The minimum Gasteiger partial charge on any atom is -0.480 e. The largest absolute Gasteiger partial charge is 0.480 e. The Balaban J connectivity index is 1.56. The van der Waals surface area contributed by atoms with Crippen LogP contribution in [-0.4, -0.2) is 50.9 Å². The molecular formula is C19H20N6O2. The molecule has 27 heavy (non-hydrogen) atoms. The van der Waals surface area contributed by atoms with Crippen LogP contribution in [0, 0.1) is 0 Å². The van der Waals surface area contributed by atoms with Crippen molar-refractivity contribution in [3.8, 4) is 17.0 Å². The number of nitrogens with zero attached hydrogens (tertiary/aromatic N) is 4. The second-order valence-electron chi connectivity index (χ2n) is 6.66. The Morgan fingerprint density at radius 1 is 1.33 bits per heavy atom. The van der Waals surface area contributed by atoms with E-state index in [1.165, 1.54) is 0 Å². The highest BCUT2D eigenvalue weighted by Crippen LogP contribution is 2.34. The van der Waals surface area contributed by atoms with Crippen molar-refractivity contribution in [1.82, 2.24) is 24.6 Å². The normalized spacial score (nSPS) is 17.4. The van der Waals surface area contributed by atoms with Gasteiger partial charge in [0.1, 0.15) is 5.65 Å². The van der Waals surface area contributed by atoms with E-state index in [4.69, 9.17) is 9.47 Å². The molecule has 8 nitrogen and oxygen atoms in total. The number of nitrogens with one attached hydrogen (secondary N) is 2. The van der Waals surface area contributed by atoms with E-state index >= 15 is 0 Å². The third kappa shape index (κ3) is 2.87. The summed E-state index contributed by atoms with van der Waals surface area (Å²) in [7, 11) is 1.63. The Morgan fingerprint density at radius 3 is 3.15 bits per heavy atom. The summed E-state index contributed by atoms with van der Waals surface area (Å²) in [5.41, 5.74) is 3.82. The topological polar surface area (TPSA) is 89.4 Å². The standard InChI is InChI=1S/C19H20N6O2/c1-26-18-16-15(12-5-7-25-14(9-12)4-6-21-25)10-20-17(16)23-19(24-18)22-13-3-2-8-27-11-13/h4-7,9-10,13H,2-3,8,11H2,1H3,(H2,20,22,23,24)/t13-/m1/s1. The number of aromatic amines is 1. The third-order valence-electron chi connectivity index (χ3n) is 4.90. The number of aromatic nitrogens is 5. The van der Waals surface area contributed by atoms with Gasteiger partial charge in [0.15, 0.2) is 0 Å². The van der Waals surface area contributed by atoms with Crippen molar-refractivity contribution in [1.29, 1.82) is 0 Å². The molecule has 0 radical (unpaired) electrons. The van der Waals surface area contributed by atoms with E-state index in [0.717, 1.165) is 47.1 Å².